The predicted molar refractivity (Wildman–Crippen MR) is 78.0 cm³/mol. The average molecular weight is 261 g/mol. The molecule has 0 aromatic carbocycles. The quantitative estimate of drug-likeness (QED) is 0.899. The fourth-order valence-corrected chi connectivity index (χ4v) is 2.69. The van der Waals surface area contributed by atoms with E-state index >= 15 is 0 Å². The van der Waals surface area contributed by atoms with E-state index in [2.05, 4.69) is 47.4 Å². The minimum absolute atomic E-state index is 0.421. The molecule has 0 aliphatic rings. The third kappa shape index (κ3) is 3.09. The van der Waals surface area contributed by atoms with Crippen molar-refractivity contribution in [2.24, 2.45) is 5.73 Å². The molecule has 2 heterocycles. The van der Waals surface area contributed by atoms with Crippen molar-refractivity contribution in [3.63, 3.8) is 0 Å². The van der Waals surface area contributed by atoms with E-state index in [9.17, 15) is 0 Å². The third-order valence-electron chi connectivity index (χ3n) is 3.14. The first-order valence-corrected chi connectivity index (χ1v) is 6.99. The summed E-state index contributed by atoms with van der Waals surface area (Å²) in [5.74, 6) is 0.988. The van der Waals surface area contributed by atoms with Crippen LogP contribution in [0.15, 0.2) is 35.8 Å². The number of nitrogens with two attached hydrogens (primary N) is 1. The smallest absolute Gasteiger partial charge is 0.128 e. The van der Waals surface area contributed by atoms with Gasteiger partial charge in [0.15, 0.2) is 0 Å². The van der Waals surface area contributed by atoms with Crippen LogP contribution in [0.2, 0.25) is 0 Å². The second kappa shape index (κ2) is 5.98. The van der Waals surface area contributed by atoms with Gasteiger partial charge in [-0.2, -0.15) is 0 Å². The maximum absolute atomic E-state index is 5.66. The van der Waals surface area contributed by atoms with Crippen molar-refractivity contribution in [2.45, 2.75) is 25.9 Å². The molecule has 0 saturated heterocycles. The number of hydrogen-bond donors (Lipinski definition) is 1. The van der Waals surface area contributed by atoms with Crippen LogP contribution in [0.4, 0.5) is 5.82 Å². The first-order valence-electron chi connectivity index (χ1n) is 6.11. The van der Waals surface area contributed by atoms with Gasteiger partial charge in [-0.3, -0.25) is 0 Å². The normalized spacial score (nSPS) is 12.4. The van der Waals surface area contributed by atoms with Gasteiger partial charge in [0, 0.05) is 37.1 Å². The summed E-state index contributed by atoms with van der Waals surface area (Å²) in [5.41, 5.74) is 6.78. The van der Waals surface area contributed by atoms with Gasteiger partial charge in [0.05, 0.1) is 0 Å². The zero-order valence-electron chi connectivity index (χ0n) is 10.8. The summed E-state index contributed by atoms with van der Waals surface area (Å²) in [6.45, 7) is 2.78. The Morgan fingerprint density at radius 3 is 2.94 bits per heavy atom. The SMILES string of the molecule is CC(Cc1cccs1)N(C)c1cc(CN)ccn1. The Hall–Kier alpha value is -1.39. The molecule has 1 atom stereocenters. The van der Waals surface area contributed by atoms with Crippen molar-refractivity contribution in [1.29, 1.82) is 0 Å². The van der Waals surface area contributed by atoms with Crippen LogP contribution in [-0.4, -0.2) is 18.1 Å². The summed E-state index contributed by atoms with van der Waals surface area (Å²) in [4.78, 5) is 8.03. The number of likely N-dealkylation sites (N-methyl/N-ethyl adjacent to an activating group) is 1. The topological polar surface area (TPSA) is 42.1 Å². The molecule has 0 aliphatic heterocycles. The van der Waals surface area contributed by atoms with Crippen LogP contribution >= 0.6 is 11.3 Å². The Morgan fingerprint density at radius 2 is 2.28 bits per heavy atom. The molecule has 4 heteroatoms. The monoisotopic (exact) mass is 261 g/mol. The fourth-order valence-electron chi connectivity index (χ4n) is 1.86. The number of hydrogen-bond acceptors (Lipinski definition) is 4. The zero-order chi connectivity index (χ0) is 13.0. The van der Waals surface area contributed by atoms with Crippen LogP contribution in [-0.2, 0) is 13.0 Å². The summed E-state index contributed by atoms with van der Waals surface area (Å²) in [7, 11) is 2.08. The molecule has 0 aliphatic carbocycles. The standard InChI is InChI=1S/C14H19N3S/c1-11(8-13-4-3-7-18-13)17(2)14-9-12(10-15)5-6-16-14/h3-7,9,11H,8,10,15H2,1-2H3. The lowest BCUT2D eigenvalue weighted by Crippen LogP contribution is -2.31. The number of pyridine rings is 1. The van der Waals surface area contributed by atoms with Crippen molar-refractivity contribution in [3.05, 3.63) is 46.3 Å². The minimum Gasteiger partial charge on any atom is -0.357 e. The first kappa shape index (κ1) is 13.1. The van der Waals surface area contributed by atoms with E-state index in [0.29, 0.717) is 12.6 Å². The fraction of sp³-hybridized carbons (Fsp3) is 0.357. The van der Waals surface area contributed by atoms with Crippen molar-refractivity contribution >= 4 is 17.2 Å². The maximum Gasteiger partial charge on any atom is 0.128 e. The molecule has 2 aromatic heterocycles. The Bertz CT molecular complexity index is 482. The largest absolute Gasteiger partial charge is 0.357 e. The van der Waals surface area contributed by atoms with Gasteiger partial charge in [0.2, 0.25) is 0 Å². The van der Waals surface area contributed by atoms with E-state index in [-0.39, 0.29) is 0 Å². The molecule has 0 saturated carbocycles. The summed E-state index contributed by atoms with van der Waals surface area (Å²) in [6.07, 6.45) is 2.87. The van der Waals surface area contributed by atoms with Gasteiger partial charge >= 0.3 is 0 Å². The second-order valence-electron chi connectivity index (χ2n) is 4.47. The lowest BCUT2D eigenvalue weighted by atomic mass is 10.1. The molecule has 0 radical (unpaired) electrons. The zero-order valence-corrected chi connectivity index (χ0v) is 11.7. The molecule has 3 nitrogen and oxygen atoms in total. The second-order valence-corrected chi connectivity index (χ2v) is 5.50. The van der Waals surface area contributed by atoms with E-state index in [1.165, 1.54) is 4.88 Å². The van der Waals surface area contributed by atoms with Gasteiger partial charge < -0.3 is 10.6 Å². The molecule has 0 amide bonds. The highest BCUT2D eigenvalue weighted by atomic mass is 32.1. The Balaban J connectivity index is 2.07. The number of thiophene rings is 1. The highest BCUT2D eigenvalue weighted by Gasteiger charge is 2.12. The van der Waals surface area contributed by atoms with Crippen molar-refractivity contribution in [2.75, 3.05) is 11.9 Å². The van der Waals surface area contributed by atoms with Crippen LogP contribution in [0, 0.1) is 0 Å². The van der Waals surface area contributed by atoms with Crippen LogP contribution in [0.3, 0.4) is 0 Å². The summed E-state index contributed by atoms with van der Waals surface area (Å²) in [5, 5.41) is 2.12. The van der Waals surface area contributed by atoms with Gasteiger partial charge in [-0.15, -0.1) is 11.3 Å². The van der Waals surface area contributed by atoms with Crippen LogP contribution in [0.5, 0.6) is 0 Å². The molecule has 96 valence electrons. The Labute approximate surface area is 112 Å². The van der Waals surface area contributed by atoms with Crippen molar-refractivity contribution < 1.29 is 0 Å². The van der Waals surface area contributed by atoms with Gasteiger partial charge in [-0.1, -0.05) is 6.07 Å². The van der Waals surface area contributed by atoms with E-state index in [1.807, 2.05) is 12.3 Å². The highest BCUT2D eigenvalue weighted by molar-refractivity contribution is 7.09. The lowest BCUT2D eigenvalue weighted by Gasteiger charge is -2.26. The molecule has 0 spiro atoms. The average Bonchev–Trinajstić information content (AvgIpc) is 2.90. The van der Waals surface area contributed by atoms with E-state index in [1.54, 1.807) is 11.3 Å². The van der Waals surface area contributed by atoms with E-state index in [4.69, 9.17) is 5.73 Å². The van der Waals surface area contributed by atoms with Crippen molar-refractivity contribution in [3.8, 4) is 0 Å². The summed E-state index contributed by atoms with van der Waals surface area (Å²) < 4.78 is 0. The molecule has 0 fully saturated rings. The molecule has 18 heavy (non-hydrogen) atoms. The maximum atomic E-state index is 5.66. The van der Waals surface area contributed by atoms with Gasteiger partial charge in [-0.05, 0) is 36.1 Å². The van der Waals surface area contributed by atoms with Gasteiger partial charge in [-0.25, -0.2) is 4.98 Å². The first-order chi connectivity index (χ1) is 8.70. The summed E-state index contributed by atoms with van der Waals surface area (Å²) in [6, 6.07) is 8.72. The number of nitrogens with zero attached hydrogens (tertiary/aromatic N) is 2. The molecule has 2 aromatic rings. The highest BCUT2D eigenvalue weighted by Crippen LogP contribution is 2.18. The lowest BCUT2D eigenvalue weighted by molar-refractivity contribution is 0.680. The molecule has 1 unspecified atom stereocenters. The Morgan fingerprint density at radius 1 is 1.44 bits per heavy atom. The predicted octanol–water partition coefficient (Wildman–Crippen LogP) is 2.67. The van der Waals surface area contributed by atoms with E-state index < -0.39 is 0 Å². The summed E-state index contributed by atoms with van der Waals surface area (Å²) >= 11 is 1.80. The van der Waals surface area contributed by atoms with Crippen molar-refractivity contribution in [1.82, 2.24) is 4.98 Å². The minimum atomic E-state index is 0.421. The van der Waals surface area contributed by atoms with Crippen LogP contribution in [0.25, 0.3) is 0 Å². The van der Waals surface area contributed by atoms with Crippen LogP contribution < -0.4 is 10.6 Å². The van der Waals surface area contributed by atoms with Crippen LogP contribution in [0.1, 0.15) is 17.4 Å². The number of rotatable bonds is 5. The van der Waals surface area contributed by atoms with Gasteiger partial charge in [0.1, 0.15) is 5.82 Å². The molecular formula is C14H19N3S. The van der Waals surface area contributed by atoms with Gasteiger partial charge in [0.25, 0.3) is 0 Å². The molecule has 2 rings (SSSR count). The third-order valence-corrected chi connectivity index (χ3v) is 4.04. The number of anilines is 1. The molecule has 0 bridgehead atoms. The number of aromatic nitrogens is 1. The Kier molecular flexibility index (Phi) is 4.33. The van der Waals surface area contributed by atoms with E-state index in [0.717, 1.165) is 17.8 Å². The molecular weight excluding hydrogens is 242 g/mol. The molecule has 2 N–H and O–H groups in total.